The number of hydrogen-bond donors (Lipinski definition) is 0. The van der Waals surface area contributed by atoms with E-state index in [0.29, 0.717) is 12.8 Å². The third kappa shape index (κ3) is 27.8. The molecule has 0 saturated heterocycles. The third-order valence-corrected chi connectivity index (χ3v) is 9.83. The summed E-state index contributed by atoms with van der Waals surface area (Å²) in [5.74, 6) is -1.57. The van der Waals surface area contributed by atoms with Gasteiger partial charge in [-0.15, -0.1) is 0 Å². The Balaban J connectivity index is 0.0000250. The smallest absolute Gasteiger partial charge is 0.744 e. The van der Waals surface area contributed by atoms with Crippen LogP contribution >= 0.6 is 0 Å². The van der Waals surface area contributed by atoms with Crippen molar-refractivity contribution in [2.45, 2.75) is 186 Å². The third-order valence-electron chi connectivity index (χ3n) is 9.00. The van der Waals surface area contributed by atoms with Gasteiger partial charge in [0.25, 0.3) is 0 Å². The molecule has 1 aromatic carbocycles. The Hall–Kier alpha value is -1.45. The van der Waals surface area contributed by atoms with Crippen molar-refractivity contribution in [3.8, 4) is 0 Å². The van der Waals surface area contributed by atoms with Crippen molar-refractivity contribution in [1.82, 2.24) is 0 Å². The molecule has 0 heterocycles. The summed E-state index contributed by atoms with van der Waals surface area (Å²) >= 11 is 0. The Morgan fingerprint density at radius 1 is 0.529 bits per heavy atom. The first-order valence-corrected chi connectivity index (χ1v) is 21.5. The maximum atomic E-state index is 12.9. The van der Waals surface area contributed by atoms with Gasteiger partial charge in [0.15, 0.2) is 0 Å². The van der Waals surface area contributed by atoms with E-state index in [1.807, 2.05) is 0 Å². The van der Waals surface area contributed by atoms with Gasteiger partial charge in [-0.25, -0.2) is 18.0 Å². The molecule has 0 bridgehead atoms. The molecule has 1 rings (SSSR count). The van der Waals surface area contributed by atoms with Crippen LogP contribution in [0.15, 0.2) is 47.4 Å². The molecule has 1 aromatic rings. The molecule has 0 atom stereocenters. The maximum Gasteiger partial charge on any atom is 1.00 e. The number of allylic oxidation sites excluding steroid dienone is 4. The summed E-state index contributed by atoms with van der Waals surface area (Å²) in [6.07, 6.45) is 39.3. The molecule has 0 aromatic heterocycles. The summed E-state index contributed by atoms with van der Waals surface area (Å²) in [6, 6.07) is 3.11. The van der Waals surface area contributed by atoms with E-state index >= 15 is 0 Å². The molecule has 0 N–H and O–H groups in total. The molecule has 0 spiro atoms. The van der Waals surface area contributed by atoms with Gasteiger partial charge >= 0.3 is 41.5 Å². The fraction of sp³-hybridized carbons (Fsp3) is 0.714. The molecule has 0 radical (unpaired) electrons. The Morgan fingerprint density at radius 2 is 0.863 bits per heavy atom. The standard InChI is InChI=1S/C42H70O7S.Na/c1-3-5-7-9-11-13-15-17-19-21-23-25-27-29-31-35-48-41(43)39-34-33-38(50(45,46)47)37-40(39)42(44)49-36-32-30-28-26-24-22-20-18-16-14-12-10-8-6-4-2;/h17-20,33-34,37H,3-16,21-32,35-36H2,1-2H3,(H,45,46,47);/q;+1/p-1/b19-17+,20-18+;. The van der Waals surface area contributed by atoms with Gasteiger partial charge < -0.3 is 14.0 Å². The van der Waals surface area contributed by atoms with Crippen molar-refractivity contribution in [3.05, 3.63) is 53.6 Å². The molecule has 7 nitrogen and oxygen atoms in total. The molecule has 0 aliphatic rings. The first-order chi connectivity index (χ1) is 24.3. The first kappa shape index (κ1) is 49.6. The van der Waals surface area contributed by atoms with Gasteiger partial charge in [0.05, 0.1) is 29.2 Å². The van der Waals surface area contributed by atoms with Crippen LogP contribution in [0, 0.1) is 0 Å². The van der Waals surface area contributed by atoms with Crippen LogP contribution in [0.4, 0.5) is 0 Å². The van der Waals surface area contributed by atoms with Crippen molar-refractivity contribution < 1.29 is 61.6 Å². The van der Waals surface area contributed by atoms with Crippen LogP contribution in [0.1, 0.15) is 202 Å². The summed E-state index contributed by atoms with van der Waals surface area (Å²) in [5, 5.41) is 0. The SMILES string of the molecule is CCCCCCCC/C=C/CCCCCCCOC(=O)c1ccc(S(=O)(=O)[O-])cc1C(=O)OCCCCCCC/C=C/CCCCCCCC.[Na+]. The van der Waals surface area contributed by atoms with Crippen molar-refractivity contribution >= 4 is 22.1 Å². The minimum absolute atomic E-state index is 0. The topological polar surface area (TPSA) is 110 Å². The predicted molar refractivity (Wildman–Crippen MR) is 205 cm³/mol. The summed E-state index contributed by atoms with van der Waals surface area (Å²) in [4.78, 5) is 25.1. The minimum atomic E-state index is -4.82. The van der Waals surface area contributed by atoms with E-state index in [2.05, 4.69) is 38.2 Å². The molecular weight excluding hydrogens is 672 g/mol. The van der Waals surface area contributed by atoms with E-state index in [1.165, 1.54) is 89.9 Å². The second-order valence-electron chi connectivity index (χ2n) is 13.6. The number of carbonyl (C=O) groups excluding carboxylic acids is 2. The molecule has 0 amide bonds. The average Bonchev–Trinajstić information content (AvgIpc) is 3.10. The average molecular weight is 741 g/mol. The molecule has 9 heteroatoms. The summed E-state index contributed by atoms with van der Waals surface area (Å²) in [7, 11) is -4.82. The fourth-order valence-electron chi connectivity index (χ4n) is 5.86. The summed E-state index contributed by atoms with van der Waals surface area (Å²) in [5.41, 5.74) is -0.357. The first-order valence-electron chi connectivity index (χ1n) is 20.0. The number of carbonyl (C=O) groups is 2. The Morgan fingerprint density at radius 3 is 1.24 bits per heavy atom. The Kier molecular flexibility index (Phi) is 33.4. The quantitative estimate of drug-likeness (QED) is 0.0232. The van der Waals surface area contributed by atoms with Gasteiger partial charge in [0.2, 0.25) is 0 Å². The van der Waals surface area contributed by atoms with E-state index in [1.54, 1.807) is 0 Å². The van der Waals surface area contributed by atoms with Crippen LogP contribution in [0.3, 0.4) is 0 Å². The zero-order valence-electron chi connectivity index (χ0n) is 32.6. The Bertz CT molecular complexity index is 1180. The van der Waals surface area contributed by atoms with Crippen molar-refractivity contribution in [3.63, 3.8) is 0 Å². The van der Waals surface area contributed by atoms with Crippen molar-refractivity contribution in [2.24, 2.45) is 0 Å². The van der Waals surface area contributed by atoms with Gasteiger partial charge in [-0.3, -0.25) is 0 Å². The van der Waals surface area contributed by atoms with E-state index in [9.17, 15) is 22.6 Å². The van der Waals surface area contributed by atoms with E-state index in [-0.39, 0.29) is 53.9 Å². The van der Waals surface area contributed by atoms with E-state index in [0.717, 1.165) is 82.4 Å². The second-order valence-corrected chi connectivity index (χ2v) is 15.0. The molecule has 0 aliphatic heterocycles. The number of ether oxygens (including phenoxy) is 2. The number of esters is 2. The van der Waals surface area contributed by atoms with Crippen LogP contribution in [0.2, 0.25) is 0 Å². The number of hydrogen-bond acceptors (Lipinski definition) is 7. The van der Waals surface area contributed by atoms with E-state index in [4.69, 9.17) is 9.47 Å². The summed E-state index contributed by atoms with van der Waals surface area (Å²) < 4.78 is 45.6. The van der Waals surface area contributed by atoms with Gasteiger partial charge in [0, 0.05) is 0 Å². The zero-order valence-corrected chi connectivity index (χ0v) is 35.4. The fourth-order valence-corrected chi connectivity index (χ4v) is 6.35. The van der Waals surface area contributed by atoms with Crippen LogP contribution in [0.5, 0.6) is 0 Å². The van der Waals surface area contributed by atoms with Crippen LogP contribution in [-0.4, -0.2) is 38.1 Å². The Labute approximate surface area is 334 Å². The van der Waals surface area contributed by atoms with Gasteiger partial charge in [-0.1, -0.05) is 141 Å². The summed E-state index contributed by atoms with van der Waals surface area (Å²) in [6.45, 7) is 4.83. The number of benzene rings is 1. The molecular formula is C42H69NaO7S. The molecule has 0 aliphatic carbocycles. The molecule has 51 heavy (non-hydrogen) atoms. The zero-order chi connectivity index (χ0) is 36.5. The van der Waals surface area contributed by atoms with Crippen LogP contribution in [-0.2, 0) is 19.6 Å². The maximum absolute atomic E-state index is 12.9. The number of unbranched alkanes of at least 4 members (excludes halogenated alkanes) is 22. The van der Waals surface area contributed by atoms with Crippen molar-refractivity contribution in [1.29, 1.82) is 0 Å². The van der Waals surface area contributed by atoms with Crippen LogP contribution in [0.25, 0.3) is 0 Å². The molecule has 0 unspecified atom stereocenters. The van der Waals surface area contributed by atoms with E-state index < -0.39 is 27.0 Å². The largest absolute Gasteiger partial charge is 1.00 e. The van der Waals surface area contributed by atoms with Crippen LogP contribution < -0.4 is 29.6 Å². The van der Waals surface area contributed by atoms with Crippen molar-refractivity contribution in [2.75, 3.05) is 13.2 Å². The second kappa shape index (κ2) is 34.3. The minimum Gasteiger partial charge on any atom is -0.744 e. The molecule has 0 saturated carbocycles. The van der Waals surface area contributed by atoms with Gasteiger partial charge in [-0.05, 0) is 82.4 Å². The molecule has 286 valence electrons. The monoisotopic (exact) mass is 740 g/mol. The number of rotatable bonds is 33. The van der Waals surface area contributed by atoms with Gasteiger partial charge in [-0.2, -0.15) is 0 Å². The normalized spacial score (nSPS) is 11.7. The molecule has 0 fully saturated rings. The predicted octanol–water partition coefficient (Wildman–Crippen LogP) is 9.20. The van der Waals surface area contributed by atoms with Gasteiger partial charge in [0.1, 0.15) is 10.1 Å².